The van der Waals surface area contributed by atoms with Crippen LogP contribution in [0.3, 0.4) is 0 Å². The van der Waals surface area contributed by atoms with Gasteiger partial charge in [-0.2, -0.15) is 0 Å². The third-order valence-electron chi connectivity index (χ3n) is 2.12. The standard InChI is InChI=1S/C12H17F2NO/c1-2-5-15-6-7-16-9-10-3-4-11(13)8-12(10)14/h3-4,8,15H,2,5-7,9H2,1H3. The summed E-state index contributed by atoms with van der Waals surface area (Å²) in [5, 5.41) is 3.17. The summed E-state index contributed by atoms with van der Waals surface area (Å²) < 4.78 is 31.0. The molecule has 2 nitrogen and oxygen atoms in total. The van der Waals surface area contributed by atoms with Gasteiger partial charge in [-0.1, -0.05) is 13.0 Å². The van der Waals surface area contributed by atoms with Crippen LogP contribution in [0.4, 0.5) is 8.78 Å². The van der Waals surface area contributed by atoms with Crippen LogP contribution >= 0.6 is 0 Å². The monoisotopic (exact) mass is 229 g/mol. The van der Waals surface area contributed by atoms with Crippen LogP contribution in [0.25, 0.3) is 0 Å². The first-order valence-electron chi connectivity index (χ1n) is 5.46. The Hall–Kier alpha value is -1.00. The van der Waals surface area contributed by atoms with Crippen LogP contribution in [0.1, 0.15) is 18.9 Å². The highest BCUT2D eigenvalue weighted by Gasteiger charge is 2.03. The number of halogens is 2. The van der Waals surface area contributed by atoms with Gasteiger partial charge in [0.2, 0.25) is 0 Å². The summed E-state index contributed by atoms with van der Waals surface area (Å²) in [6, 6.07) is 3.51. The van der Waals surface area contributed by atoms with Crippen LogP contribution in [0.5, 0.6) is 0 Å². The SMILES string of the molecule is CCCNCCOCc1ccc(F)cc1F. The van der Waals surface area contributed by atoms with E-state index in [2.05, 4.69) is 12.2 Å². The van der Waals surface area contributed by atoms with Gasteiger partial charge in [0, 0.05) is 18.2 Å². The molecule has 0 bridgehead atoms. The second kappa shape index (κ2) is 7.30. The highest BCUT2D eigenvalue weighted by atomic mass is 19.1. The van der Waals surface area contributed by atoms with Crippen molar-refractivity contribution < 1.29 is 13.5 Å². The molecule has 0 saturated carbocycles. The summed E-state index contributed by atoms with van der Waals surface area (Å²) in [6.07, 6.45) is 1.08. The third kappa shape index (κ3) is 4.68. The Bertz CT molecular complexity index is 318. The molecule has 0 saturated heterocycles. The first-order valence-corrected chi connectivity index (χ1v) is 5.46. The predicted octanol–water partition coefficient (Wildman–Crippen LogP) is 2.48. The molecule has 0 fully saturated rings. The van der Waals surface area contributed by atoms with E-state index in [4.69, 9.17) is 4.74 Å². The van der Waals surface area contributed by atoms with E-state index in [9.17, 15) is 8.78 Å². The highest BCUT2D eigenvalue weighted by Crippen LogP contribution is 2.10. The van der Waals surface area contributed by atoms with E-state index in [1.165, 1.54) is 12.1 Å². The summed E-state index contributed by atoms with van der Waals surface area (Å²) in [4.78, 5) is 0. The van der Waals surface area contributed by atoms with Crippen LogP contribution < -0.4 is 5.32 Å². The minimum atomic E-state index is -0.564. The Balaban J connectivity index is 2.21. The largest absolute Gasteiger partial charge is 0.375 e. The first kappa shape index (κ1) is 13.1. The van der Waals surface area contributed by atoms with Gasteiger partial charge in [0.25, 0.3) is 0 Å². The average Bonchev–Trinajstić information content (AvgIpc) is 2.26. The summed E-state index contributed by atoms with van der Waals surface area (Å²) in [6.45, 7) is 4.49. The zero-order valence-electron chi connectivity index (χ0n) is 9.43. The van der Waals surface area contributed by atoms with Crippen molar-refractivity contribution in [3.63, 3.8) is 0 Å². The normalized spacial score (nSPS) is 10.7. The summed E-state index contributed by atoms with van der Waals surface area (Å²) in [5.41, 5.74) is 0.386. The van der Waals surface area contributed by atoms with Crippen molar-refractivity contribution in [1.29, 1.82) is 0 Å². The van der Waals surface area contributed by atoms with Gasteiger partial charge in [-0.25, -0.2) is 8.78 Å². The van der Waals surface area contributed by atoms with E-state index in [-0.39, 0.29) is 6.61 Å². The fourth-order valence-electron chi connectivity index (χ4n) is 1.27. The van der Waals surface area contributed by atoms with Gasteiger partial charge in [-0.15, -0.1) is 0 Å². The molecule has 0 amide bonds. The average molecular weight is 229 g/mol. The van der Waals surface area contributed by atoms with Crippen molar-refractivity contribution in [3.05, 3.63) is 35.4 Å². The zero-order chi connectivity index (χ0) is 11.8. The van der Waals surface area contributed by atoms with Gasteiger partial charge < -0.3 is 10.1 Å². The molecule has 1 rings (SSSR count). The van der Waals surface area contributed by atoms with E-state index in [1.54, 1.807) is 0 Å². The Morgan fingerprint density at radius 2 is 2.06 bits per heavy atom. The molecular weight excluding hydrogens is 212 g/mol. The summed E-state index contributed by atoms with van der Waals surface area (Å²) >= 11 is 0. The molecule has 1 aromatic carbocycles. The smallest absolute Gasteiger partial charge is 0.131 e. The topological polar surface area (TPSA) is 21.3 Å². The number of benzene rings is 1. The van der Waals surface area contributed by atoms with Gasteiger partial charge in [0.15, 0.2) is 0 Å². The molecule has 1 N–H and O–H groups in total. The number of nitrogens with one attached hydrogen (secondary N) is 1. The highest BCUT2D eigenvalue weighted by molar-refractivity contribution is 5.17. The van der Waals surface area contributed by atoms with Crippen molar-refractivity contribution in [3.8, 4) is 0 Å². The lowest BCUT2D eigenvalue weighted by atomic mass is 10.2. The van der Waals surface area contributed by atoms with Crippen molar-refractivity contribution in [2.45, 2.75) is 20.0 Å². The quantitative estimate of drug-likeness (QED) is 0.725. The van der Waals surface area contributed by atoms with Crippen molar-refractivity contribution in [1.82, 2.24) is 5.32 Å². The van der Waals surface area contributed by atoms with Crippen LogP contribution in [-0.4, -0.2) is 19.7 Å². The van der Waals surface area contributed by atoms with Crippen LogP contribution in [0, 0.1) is 11.6 Å². The number of rotatable bonds is 7. The molecule has 0 atom stereocenters. The summed E-state index contributed by atoms with van der Waals surface area (Å²) in [7, 11) is 0. The Morgan fingerprint density at radius 3 is 2.75 bits per heavy atom. The molecule has 1 aromatic rings. The van der Waals surface area contributed by atoms with E-state index in [0.29, 0.717) is 12.2 Å². The van der Waals surface area contributed by atoms with E-state index in [0.717, 1.165) is 25.6 Å². The molecule has 0 aliphatic rings. The second-order valence-electron chi connectivity index (χ2n) is 3.54. The van der Waals surface area contributed by atoms with Crippen LogP contribution in [0.15, 0.2) is 18.2 Å². The van der Waals surface area contributed by atoms with Crippen LogP contribution in [0.2, 0.25) is 0 Å². The minimum Gasteiger partial charge on any atom is -0.375 e. The molecule has 0 aliphatic carbocycles. The Morgan fingerprint density at radius 1 is 1.25 bits per heavy atom. The van der Waals surface area contributed by atoms with Crippen LogP contribution in [-0.2, 0) is 11.3 Å². The molecule has 90 valence electrons. The predicted molar refractivity (Wildman–Crippen MR) is 59.2 cm³/mol. The Kier molecular flexibility index (Phi) is 5.96. The zero-order valence-corrected chi connectivity index (χ0v) is 9.43. The fourth-order valence-corrected chi connectivity index (χ4v) is 1.27. The van der Waals surface area contributed by atoms with Gasteiger partial charge in [0.05, 0.1) is 13.2 Å². The van der Waals surface area contributed by atoms with Crippen molar-refractivity contribution >= 4 is 0 Å². The summed E-state index contributed by atoms with van der Waals surface area (Å²) in [5.74, 6) is -1.12. The van der Waals surface area contributed by atoms with Crippen molar-refractivity contribution in [2.24, 2.45) is 0 Å². The van der Waals surface area contributed by atoms with E-state index >= 15 is 0 Å². The molecular formula is C12H17F2NO. The molecule has 0 heterocycles. The first-order chi connectivity index (χ1) is 7.74. The Labute approximate surface area is 94.6 Å². The maximum Gasteiger partial charge on any atom is 0.131 e. The third-order valence-corrected chi connectivity index (χ3v) is 2.12. The molecule has 0 aliphatic heterocycles. The van der Waals surface area contributed by atoms with Gasteiger partial charge in [0.1, 0.15) is 11.6 Å². The lowest BCUT2D eigenvalue weighted by Gasteiger charge is -2.06. The molecule has 4 heteroatoms. The molecule has 0 aromatic heterocycles. The van der Waals surface area contributed by atoms with Gasteiger partial charge >= 0.3 is 0 Å². The second-order valence-corrected chi connectivity index (χ2v) is 3.54. The lowest BCUT2D eigenvalue weighted by molar-refractivity contribution is 0.120. The molecule has 0 spiro atoms. The van der Waals surface area contributed by atoms with E-state index in [1.807, 2.05) is 0 Å². The minimum absolute atomic E-state index is 0.180. The van der Waals surface area contributed by atoms with Gasteiger partial charge in [-0.05, 0) is 19.0 Å². The fraction of sp³-hybridized carbons (Fsp3) is 0.500. The number of hydrogen-bond acceptors (Lipinski definition) is 2. The number of ether oxygens (including phenoxy) is 1. The molecule has 0 unspecified atom stereocenters. The maximum absolute atomic E-state index is 13.1. The number of hydrogen-bond donors (Lipinski definition) is 1. The molecule has 0 radical (unpaired) electrons. The van der Waals surface area contributed by atoms with Crippen molar-refractivity contribution in [2.75, 3.05) is 19.7 Å². The van der Waals surface area contributed by atoms with E-state index < -0.39 is 11.6 Å². The lowest BCUT2D eigenvalue weighted by Crippen LogP contribution is -2.20. The van der Waals surface area contributed by atoms with Gasteiger partial charge in [-0.3, -0.25) is 0 Å². The molecule has 16 heavy (non-hydrogen) atoms. The maximum atomic E-state index is 13.1.